The summed E-state index contributed by atoms with van der Waals surface area (Å²) in [7, 11) is 0. The molecule has 0 bridgehead atoms. The van der Waals surface area contributed by atoms with Crippen molar-refractivity contribution in [2.75, 3.05) is 0 Å². The average Bonchev–Trinajstić information content (AvgIpc) is 3.05. The van der Waals surface area contributed by atoms with Gasteiger partial charge in [0.2, 0.25) is 0 Å². The summed E-state index contributed by atoms with van der Waals surface area (Å²) in [6, 6.07) is 19.0. The number of allylic oxidation sites excluding steroid dienone is 2. The first-order valence-electron chi connectivity index (χ1n) is 9.02. The number of benzene rings is 2. The Bertz CT molecular complexity index is 974. The summed E-state index contributed by atoms with van der Waals surface area (Å²) < 4.78 is 0. The summed E-state index contributed by atoms with van der Waals surface area (Å²) in [5, 5.41) is 22.3. The van der Waals surface area contributed by atoms with Gasteiger partial charge in [0.1, 0.15) is 5.70 Å². The maximum absolute atomic E-state index is 12.0. The van der Waals surface area contributed by atoms with E-state index in [9.17, 15) is 19.8 Å². The molecule has 0 aromatic heterocycles. The molecule has 0 spiro atoms. The van der Waals surface area contributed by atoms with Crippen molar-refractivity contribution in [3.05, 3.63) is 95.3 Å². The lowest BCUT2D eigenvalue weighted by Crippen LogP contribution is -2.49. The number of carboxylic acids is 1. The van der Waals surface area contributed by atoms with Crippen LogP contribution in [-0.2, 0) is 22.8 Å². The fraction of sp³-hybridized carbons (Fsp3) is 0.143. The van der Waals surface area contributed by atoms with Crippen LogP contribution < -0.4 is 0 Å². The number of carbonyl (C=O) groups is 2. The van der Waals surface area contributed by atoms with Gasteiger partial charge in [-0.15, -0.1) is 5.06 Å². The molecular formula is C21H19N3O5. The quantitative estimate of drug-likeness (QED) is 0.806. The van der Waals surface area contributed by atoms with Crippen LogP contribution in [0.1, 0.15) is 11.1 Å². The molecule has 2 aromatic carbocycles. The Morgan fingerprint density at radius 1 is 0.862 bits per heavy atom. The Kier molecular flexibility index (Phi) is 5.03. The maximum Gasteiger partial charge on any atom is 0.413 e. The Balaban J connectivity index is 1.71. The number of hydrogen-bond acceptors (Lipinski definition) is 5. The molecule has 8 heteroatoms. The van der Waals surface area contributed by atoms with Crippen molar-refractivity contribution in [2.24, 2.45) is 0 Å². The molecule has 1 saturated heterocycles. The Labute approximate surface area is 167 Å². The zero-order chi connectivity index (χ0) is 20.4. The van der Waals surface area contributed by atoms with Gasteiger partial charge in [0.05, 0.1) is 18.8 Å². The summed E-state index contributed by atoms with van der Waals surface area (Å²) in [5.74, 6) is -1.32. The topological polar surface area (TPSA) is 93.5 Å². The first-order valence-corrected chi connectivity index (χ1v) is 9.02. The SMILES string of the molecule is O=C(O)C1=CC=C2C(N(Cc3ccccc3)ON2Cc2ccccc2)N1C(=O)O. The van der Waals surface area contributed by atoms with Gasteiger partial charge in [-0.2, -0.15) is 4.94 Å². The molecule has 148 valence electrons. The first-order chi connectivity index (χ1) is 14.0. The molecule has 29 heavy (non-hydrogen) atoms. The summed E-state index contributed by atoms with van der Waals surface area (Å²) in [5.41, 5.74) is 2.11. The van der Waals surface area contributed by atoms with Gasteiger partial charge in [-0.25, -0.2) is 19.6 Å². The largest absolute Gasteiger partial charge is 0.477 e. The van der Waals surface area contributed by atoms with Crippen LogP contribution >= 0.6 is 0 Å². The van der Waals surface area contributed by atoms with Crippen molar-refractivity contribution < 1.29 is 24.7 Å². The second-order valence-electron chi connectivity index (χ2n) is 6.64. The third kappa shape index (κ3) is 3.71. The Morgan fingerprint density at radius 2 is 1.45 bits per heavy atom. The molecule has 2 N–H and O–H groups in total. The fourth-order valence-corrected chi connectivity index (χ4v) is 3.43. The van der Waals surface area contributed by atoms with Crippen LogP contribution in [0, 0.1) is 0 Å². The molecule has 1 atom stereocenters. The number of hydroxylamine groups is 4. The van der Waals surface area contributed by atoms with E-state index in [2.05, 4.69) is 0 Å². The predicted octanol–water partition coefficient (Wildman–Crippen LogP) is 3.02. The number of rotatable bonds is 5. The molecule has 0 saturated carbocycles. The monoisotopic (exact) mass is 393 g/mol. The van der Waals surface area contributed by atoms with Gasteiger partial charge in [-0.05, 0) is 23.3 Å². The van der Waals surface area contributed by atoms with E-state index in [-0.39, 0.29) is 12.2 Å². The Morgan fingerprint density at radius 3 is 2.00 bits per heavy atom. The molecule has 4 rings (SSSR count). The number of fused-ring (bicyclic) bond motifs is 1. The molecular weight excluding hydrogens is 374 g/mol. The zero-order valence-corrected chi connectivity index (χ0v) is 15.4. The smallest absolute Gasteiger partial charge is 0.413 e. The van der Waals surface area contributed by atoms with Crippen molar-refractivity contribution >= 4 is 12.1 Å². The van der Waals surface area contributed by atoms with Crippen LogP contribution in [0.25, 0.3) is 0 Å². The molecule has 0 radical (unpaired) electrons. The van der Waals surface area contributed by atoms with Crippen molar-refractivity contribution in [3.63, 3.8) is 0 Å². The lowest BCUT2D eigenvalue weighted by molar-refractivity contribution is -0.287. The first kappa shape index (κ1) is 18.7. The minimum Gasteiger partial charge on any atom is -0.477 e. The van der Waals surface area contributed by atoms with Crippen LogP contribution in [0.2, 0.25) is 0 Å². The maximum atomic E-state index is 12.0. The van der Waals surface area contributed by atoms with Gasteiger partial charge in [0, 0.05) is 0 Å². The molecule has 2 aliphatic heterocycles. The van der Waals surface area contributed by atoms with Gasteiger partial charge in [0.15, 0.2) is 6.17 Å². The van der Waals surface area contributed by atoms with Gasteiger partial charge in [0.25, 0.3) is 0 Å². The summed E-state index contributed by atoms with van der Waals surface area (Å²) in [6.07, 6.45) is 0.613. The molecule has 1 amide bonds. The van der Waals surface area contributed by atoms with Crippen molar-refractivity contribution in [1.82, 2.24) is 15.0 Å². The number of nitrogens with zero attached hydrogens (tertiary/aromatic N) is 3. The number of amides is 1. The highest BCUT2D eigenvalue weighted by atomic mass is 16.9. The van der Waals surface area contributed by atoms with E-state index < -0.39 is 18.2 Å². The van der Waals surface area contributed by atoms with E-state index in [0.717, 1.165) is 16.0 Å². The highest BCUT2D eigenvalue weighted by Gasteiger charge is 2.47. The van der Waals surface area contributed by atoms with Crippen LogP contribution in [0.3, 0.4) is 0 Å². The van der Waals surface area contributed by atoms with Crippen molar-refractivity contribution in [2.45, 2.75) is 19.3 Å². The minimum atomic E-state index is -1.36. The minimum absolute atomic E-state index is 0.283. The van der Waals surface area contributed by atoms with Crippen LogP contribution in [0.5, 0.6) is 0 Å². The van der Waals surface area contributed by atoms with E-state index in [1.165, 1.54) is 11.1 Å². The number of aliphatic carboxylic acids is 1. The predicted molar refractivity (Wildman–Crippen MR) is 103 cm³/mol. The normalized spacial score (nSPS) is 18.8. The number of carboxylic acid groups (broad SMARTS) is 2. The van der Waals surface area contributed by atoms with Gasteiger partial charge in [-0.1, -0.05) is 60.7 Å². The number of hydrogen-bond donors (Lipinski definition) is 2. The molecule has 1 unspecified atom stereocenters. The molecule has 1 fully saturated rings. The van der Waals surface area contributed by atoms with Crippen molar-refractivity contribution in [1.29, 1.82) is 0 Å². The van der Waals surface area contributed by atoms with E-state index in [4.69, 9.17) is 4.94 Å². The van der Waals surface area contributed by atoms with Crippen LogP contribution in [0.4, 0.5) is 4.79 Å². The third-order valence-corrected chi connectivity index (χ3v) is 4.72. The summed E-state index contributed by atoms with van der Waals surface area (Å²) >= 11 is 0. The zero-order valence-electron chi connectivity index (χ0n) is 15.4. The summed E-state index contributed by atoms with van der Waals surface area (Å²) in [4.78, 5) is 30.4. The molecule has 2 heterocycles. The van der Waals surface area contributed by atoms with E-state index in [0.29, 0.717) is 12.2 Å². The molecule has 2 aliphatic rings. The van der Waals surface area contributed by atoms with Crippen LogP contribution in [-0.4, -0.2) is 43.5 Å². The van der Waals surface area contributed by atoms with Crippen molar-refractivity contribution in [3.8, 4) is 0 Å². The van der Waals surface area contributed by atoms with Gasteiger partial charge in [-0.3, -0.25) is 0 Å². The van der Waals surface area contributed by atoms with Gasteiger partial charge < -0.3 is 10.2 Å². The Hall–Kier alpha value is -3.62. The molecule has 0 aliphatic carbocycles. The van der Waals surface area contributed by atoms with Gasteiger partial charge >= 0.3 is 12.1 Å². The van der Waals surface area contributed by atoms with E-state index in [1.807, 2.05) is 60.7 Å². The lowest BCUT2D eigenvalue weighted by atomic mass is 10.1. The standard InChI is InChI=1S/C21H19N3O5/c25-20(26)18-12-11-17-19(24(18)21(27)28)23(14-16-9-5-2-6-10-16)29-22(17)13-15-7-3-1-4-8-15/h1-12,19H,13-14H2,(H,25,26)(H,27,28). The highest BCUT2D eigenvalue weighted by Crippen LogP contribution is 2.36. The van der Waals surface area contributed by atoms with Crippen LogP contribution in [0.15, 0.2) is 84.2 Å². The lowest BCUT2D eigenvalue weighted by Gasteiger charge is -2.32. The van der Waals surface area contributed by atoms with E-state index >= 15 is 0 Å². The summed E-state index contributed by atoms with van der Waals surface area (Å²) in [6.45, 7) is 0.670. The third-order valence-electron chi connectivity index (χ3n) is 4.72. The highest BCUT2D eigenvalue weighted by molar-refractivity contribution is 5.91. The van der Waals surface area contributed by atoms with E-state index in [1.54, 1.807) is 11.1 Å². The second kappa shape index (κ2) is 7.78. The molecule has 2 aromatic rings. The second-order valence-corrected chi connectivity index (χ2v) is 6.64. The average molecular weight is 393 g/mol. The molecule has 8 nitrogen and oxygen atoms in total. The fourth-order valence-electron chi connectivity index (χ4n) is 3.43.